The van der Waals surface area contributed by atoms with Crippen molar-refractivity contribution in [2.75, 3.05) is 31.1 Å². The van der Waals surface area contributed by atoms with Gasteiger partial charge in [-0.3, -0.25) is 4.79 Å². The number of benzene rings is 1. The number of aromatic nitrogens is 2. The second-order valence-corrected chi connectivity index (χ2v) is 7.34. The fraction of sp³-hybridized carbons (Fsp3) is 0.333. The number of anilines is 1. The number of carbonyl (C=O) groups is 1. The molecule has 1 aliphatic heterocycles. The smallest absolute Gasteiger partial charge is 0.232 e. The monoisotopic (exact) mass is 348 g/mol. The highest BCUT2D eigenvalue weighted by molar-refractivity contribution is 5.94. The van der Waals surface area contributed by atoms with Gasteiger partial charge in [0.1, 0.15) is 5.82 Å². The lowest BCUT2D eigenvalue weighted by Gasteiger charge is -2.39. The van der Waals surface area contributed by atoms with Crippen LogP contribution in [0.1, 0.15) is 19.4 Å². The molecule has 1 saturated heterocycles. The number of hydrogen-bond acceptors (Lipinski definition) is 3. The second-order valence-electron chi connectivity index (χ2n) is 7.34. The first-order valence-electron chi connectivity index (χ1n) is 9.09. The fourth-order valence-corrected chi connectivity index (χ4v) is 3.78. The molecule has 1 fully saturated rings. The van der Waals surface area contributed by atoms with Crippen molar-refractivity contribution in [1.29, 1.82) is 0 Å². The number of H-pyrrole nitrogens is 1. The summed E-state index contributed by atoms with van der Waals surface area (Å²) in [6.45, 7) is 7.12. The summed E-state index contributed by atoms with van der Waals surface area (Å²) >= 11 is 0. The Morgan fingerprint density at radius 1 is 1.04 bits per heavy atom. The minimum atomic E-state index is -0.563. The Labute approximate surface area is 153 Å². The summed E-state index contributed by atoms with van der Waals surface area (Å²) in [5.74, 6) is 1.17. The molecule has 3 heterocycles. The summed E-state index contributed by atoms with van der Waals surface area (Å²) in [6.07, 6.45) is 3.79. The van der Waals surface area contributed by atoms with Gasteiger partial charge >= 0.3 is 0 Å². The molecule has 0 unspecified atom stereocenters. The number of fused-ring (bicyclic) bond motifs is 1. The van der Waals surface area contributed by atoms with Crippen molar-refractivity contribution in [3.63, 3.8) is 0 Å². The van der Waals surface area contributed by atoms with Gasteiger partial charge in [0.15, 0.2) is 0 Å². The highest BCUT2D eigenvalue weighted by Gasteiger charge is 2.36. The highest BCUT2D eigenvalue weighted by atomic mass is 16.2. The fourth-order valence-electron chi connectivity index (χ4n) is 3.78. The summed E-state index contributed by atoms with van der Waals surface area (Å²) in [5.41, 5.74) is 1.57. The van der Waals surface area contributed by atoms with E-state index in [1.807, 2.05) is 67.5 Å². The van der Waals surface area contributed by atoms with E-state index in [9.17, 15) is 4.79 Å². The molecule has 5 nitrogen and oxygen atoms in total. The lowest BCUT2D eigenvalue weighted by molar-refractivity contribution is -0.136. The number of carbonyl (C=O) groups excluding carboxylic acids is 1. The van der Waals surface area contributed by atoms with Gasteiger partial charge in [0, 0.05) is 49.5 Å². The minimum absolute atomic E-state index is 0.183. The number of nitrogens with one attached hydrogen (secondary N) is 1. The van der Waals surface area contributed by atoms with Gasteiger partial charge < -0.3 is 14.8 Å². The summed E-state index contributed by atoms with van der Waals surface area (Å²) in [4.78, 5) is 25.2. The van der Waals surface area contributed by atoms with Gasteiger partial charge in [-0.25, -0.2) is 4.98 Å². The molecular weight excluding hydrogens is 324 g/mol. The van der Waals surface area contributed by atoms with Crippen molar-refractivity contribution >= 4 is 22.6 Å². The maximum absolute atomic E-state index is 13.3. The quantitative estimate of drug-likeness (QED) is 0.791. The number of piperazine rings is 1. The van der Waals surface area contributed by atoms with Gasteiger partial charge in [0.05, 0.1) is 5.41 Å². The van der Waals surface area contributed by atoms with Crippen molar-refractivity contribution in [3.8, 4) is 0 Å². The SMILES string of the molecule is CC(C)(C(=O)N1CCN(c2ccccn2)CC1)c1c[nH]c2ccccc12. The third-order valence-electron chi connectivity index (χ3n) is 5.34. The van der Waals surface area contributed by atoms with E-state index in [0.717, 1.165) is 48.5 Å². The Hall–Kier alpha value is -2.82. The van der Waals surface area contributed by atoms with Gasteiger partial charge in [-0.05, 0) is 37.6 Å². The van der Waals surface area contributed by atoms with Crippen LogP contribution in [-0.2, 0) is 10.2 Å². The van der Waals surface area contributed by atoms with E-state index < -0.39 is 5.41 Å². The van der Waals surface area contributed by atoms with Crippen LogP contribution in [0.15, 0.2) is 54.9 Å². The Bertz CT molecular complexity index is 908. The summed E-state index contributed by atoms with van der Waals surface area (Å²) < 4.78 is 0. The van der Waals surface area contributed by atoms with Crippen molar-refractivity contribution < 1.29 is 4.79 Å². The molecule has 26 heavy (non-hydrogen) atoms. The van der Waals surface area contributed by atoms with Crippen molar-refractivity contribution in [3.05, 3.63) is 60.4 Å². The molecule has 3 aromatic rings. The zero-order valence-electron chi connectivity index (χ0n) is 15.3. The molecule has 1 aromatic carbocycles. The van der Waals surface area contributed by atoms with Crippen LogP contribution in [0.2, 0.25) is 0 Å². The number of para-hydroxylation sites is 1. The van der Waals surface area contributed by atoms with E-state index in [1.54, 1.807) is 0 Å². The van der Waals surface area contributed by atoms with Crippen LogP contribution in [0.25, 0.3) is 10.9 Å². The number of amides is 1. The Morgan fingerprint density at radius 2 is 1.77 bits per heavy atom. The first kappa shape index (κ1) is 16.6. The van der Waals surface area contributed by atoms with Crippen LogP contribution in [0.4, 0.5) is 5.82 Å². The number of aromatic amines is 1. The third-order valence-corrected chi connectivity index (χ3v) is 5.34. The predicted molar refractivity (Wildman–Crippen MR) is 104 cm³/mol. The van der Waals surface area contributed by atoms with Gasteiger partial charge in [0.25, 0.3) is 0 Å². The molecule has 5 heteroatoms. The van der Waals surface area contributed by atoms with E-state index in [2.05, 4.69) is 20.9 Å². The normalized spacial score (nSPS) is 15.5. The van der Waals surface area contributed by atoms with E-state index in [1.165, 1.54) is 0 Å². The zero-order chi connectivity index (χ0) is 18.1. The number of rotatable bonds is 3. The number of hydrogen-bond donors (Lipinski definition) is 1. The number of nitrogens with zero attached hydrogens (tertiary/aromatic N) is 3. The van der Waals surface area contributed by atoms with Gasteiger partial charge in [-0.2, -0.15) is 0 Å². The largest absolute Gasteiger partial charge is 0.361 e. The molecule has 0 radical (unpaired) electrons. The molecule has 0 aliphatic carbocycles. The first-order chi connectivity index (χ1) is 12.6. The van der Waals surface area contributed by atoms with Crippen LogP contribution >= 0.6 is 0 Å². The summed E-state index contributed by atoms with van der Waals surface area (Å²) in [6, 6.07) is 14.1. The van der Waals surface area contributed by atoms with Gasteiger partial charge in [-0.1, -0.05) is 24.3 Å². The minimum Gasteiger partial charge on any atom is -0.361 e. The van der Waals surface area contributed by atoms with Crippen LogP contribution in [0, 0.1) is 0 Å². The van der Waals surface area contributed by atoms with Gasteiger partial charge in [0.2, 0.25) is 5.91 Å². The average Bonchev–Trinajstić information content (AvgIpc) is 3.13. The molecule has 0 atom stereocenters. The predicted octanol–water partition coefficient (Wildman–Crippen LogP) is 3.19. The van der Waals surface area contributed by atoms with E-state index >= 15 is 0 Å². The van der Waals surface area contributed by atoms with Crippen LogP contribution in [-0.4, -0.2) is 47.0 Å². The molecule has 2 aromatic heterocycles. The van der Waals surface area contributed by atoms with E-state index in [-0.39, 0.29) is 5.91 Å². The second kappa shape index (κ2) is 6.48. The van der Waals surface area contributed by atoms with E-state index in [4.69, 9.17) is 0 Å². The van der Waals surface area contributed by atoms with E-state index in [0.29, 0.717) is 0 Å². The Kier molecular flexibility index (Phi) is 4.15. The van der Waals surface area contributed by atoms with Crippen LogP contribution in [0.3, 0.4) is 0 Å². The summed E-state index contributed by atoms with van der Waals surface area (Å²) in [7, 11) is 0. The molecule has 0 spiro atoms. The summed E-state index contributed by atoms with van der Waals surface area (Å²) in [5, 5.41) is 1.12. The first-order valence-corrected chi connectivity index (χ1v) is 9.09. The Morgan fingerprint density at radius 3 is 2.50 bits per heavy atom. The molecule has 0 saturated carbocycles. The molecule has 134 valence electrons. The molecule has 1 aliphatic rings. The van der Waals surface area contributed by atoms with Crippen LogP contribution in [0.5, 0.6) is 0 Å². The lowest BCUT2D eigenvalue weighted by Crippen LogP contribution is -2.53. The van der Waals surface area contributed by atoms with Crippen molar-refractivity contribution in [1.82, 2.24) is 14.9 Å². The maximum Gasteiger partial charge on any atom is 0.232 e. The van der Waals surface area contributed by atoms with Crippen LogP contribution < -0.4 is 4.90 Å². The molecule has 1 amide bonds. The highest BCUT2D eigenvalue weighted by Crippen LogP contribution is 2.32. The number of pyridine rings is 1. The average molecular weight is 348 g/mol. The standard InChI is InChI=1S/C21H24N4O/c1-21(2,17-15-23-18-8-4-3-7-16(17)18)20(26)25-13-11-24(12-14-25)19-9-5-6-10-22-19/h3-10,15,23H,11-14H2,1-2H3. The van der Waals surface area contributed by atoms with Crippen molar-refractivity contribution in [2.24, 2.45) is 0 Å². The molecule has 1 N–H and O–H groups in total. The maximum atomic E-state index is 13.3. The van der Waals surface area contributed by atoms with Gasteiger partial charge in [-0.15, -0.1) is 0 Å². The third kappa shape index (κ3) is 2.83. The topological polar surface area (TPSA) is 52.2 Å². The molecular formula is C21H24N4O. The van der Waals surface area contributed by atoms with Crippen molar-refractivity contribution in [2.45, 2.75) is 19.3 Å². The molecule has 0 bridgehead atoms. The zero-order valence-corrected chi connectivity index (χ0v) is 15.3. The lowest BCUT2D eigenvalue weighted by atomic mass is 9.82. The molecule has 4 rings (SSSR count). The Balaban J connectivity index is 1.51.